The lowest BCUT2D eigenvalue weighted by molar-refractivity contribution is -0.144. The summed E-state index contributed by atoms with van der Waals surface area (Å²) >= 11 is 0. The standard InChI is InChI=1S/C19H20N2O4/c1-25-14-6-2-11(3-7-14)9-20-15(22)10-21-18(23)16-12-4-5-13(8-12)17(16)19(21)24/h2-7,12-13,16-17H,8-10H2,1H3,(H,20,22)/t12-,13-,16+,17+/m0/s1. The predicted octanol–water partition coefficient (Wildman–Crippen LogP) is 1.12. The number of rotatable bonds is 5. The molecule has 4 atom stereocenters. The summed E-state index contributed by atoms with van der Waals surface area (Å²) in [5.74, 6) is -0.125. The third kappa shape index (κ3) is 2.62. The van der Waals surface area contributed by atoms with E-state index in [9.17, 15) is 14.4 Å². The van der Waals surface area contributed by atoms with Crippen molar-refractivity contribution in [2.24, 2.45) is 23.7 Å². The van der Waals surface area contributed by atoms with E-state index in [1.165, 1.54) is 0 Å². The van der Waals surface area contributed by atoms with Crippen molar-refractivity contribution in [3.63, 3.8) is 0 Å². The minimum absolute atomic E-state index is 0.166. The Kier molecular flexibility index (Phi) is 3.82. The lowest BCUT2D eigenvalue weighted by Crippen LogP contribution is -2.41. The highest BCUT2D eigenvalue weighted by Crippen LogP contribution is 2.52. The van der Waals surface area contributed by atoms with Gasteiger partial charge in [0, 0.05) is 6.54 Å². The number of ether oxygens (including phenoxy) is 1. The number of nitrogens with zero attached hydrogens (tertiary/aromatic N) is 1. The van der Waals surface area contributed by atoms with Crippen LogP contribution in [-0.4, -0.2) is 36.3 Å². The average Bonchev–Trinajstić information content (AvgIpc) is 3.30. The van der Waals surface area contributed by atoms with Gasteiger partial charge in [0.15, 0.2) is 0 Å². The van der Waals surface area contributed by atoms with Crippen LogP contribution >= 0.6 is 0 Å². The van der Waals surface area contributed by atoms with Crippen LogP contribution in [0.4, 0.5) is 0 Å². The molecule has 130 valence electrons. The summed E-state index contributed by atoms with van der Waals surface area (Å²) < 4.78 is 5.09. The molecular weight excluding hydrogens is 320 g/mol. The fourth-order valence-corrected chi connectivity index (χ4v) is 4.26. The third-order valence-electron chi connectivity index (χ3n) is 5.51. The molecule has 0 spiro atoms. The molecule has 3 amide bonds. The molecule has 0 radical (unpaired) electrons. The van der Waals surface area contributed by atoms with E-state index >= 15 is 0 Å². The lowest BCUT2D eigenvalue weighted by Gasteiger charge is -2.16. The molecule has 6 nitrogen and oxygen atoms in total. The molecule has 1 saturated carbocycles. The summed E-state index contributed by atoms with van der Waals surface area (Å²) in [6.45, 7) is 0.152. The molecule has 25 heavy (non-hydrogen) atoms. The Labute approximate surface area is 145 Å². The monoisotopic (exact) mass is 340 g/mol. The first-order chi connectivity index (χ1) is 12.1. The van der Waals surface area contributed by atoms with Crippen LogP contribution in [0.2, 0.25) is 0 Å². The van der Waals surface area contributed by atoms with E-state index in [2.05, 4.69) is 5.32 Å². The van der Waals surface area contributed by atoms with Gasteiger partial charge < -0.3 is 10.1 Å². The molecule has 1 aliphatic heterocycles. The first-order valence-electron chi connectivity index (χ1n) is 8.51. The fraction of sp³-hybridized carbons (Fsp3) is 0.421. The highest BCUT2D eigenvalue weighted by molar-refractivity contribution is 6.08. The first kappa shape index (κ1) is 15.9. The van der Waals surface area contributed by atoms with Gasteiger partial charge >= 0.3 is 0 Å². The maximum absolute atomic E-state index is 12.5. The van der Waals surface area contributed by atoms with Gasteiger partial charge in [-0.3, -0.25) is 19.3 Å². The van der Waals surface area contributed by atoms with E-state index in [-0.39, 0.29) is 47.9 Å². The predicted molar refractivity (Wildman–Crippen MR) is 89.3 cm³/mol. The molecule has 1 aromatic carbocycles. The van der Waals surface area contributed by atoms with Crippen molar-refractivity contribution in [1.82, 2.24) is 10.2 Å². The molecule has 2 fully saturated rings. The van der Waals surface area contributed by atoms with E-state index in [1.54, 1.807) is 7.11 Å². The number of imide groups is 1. The summed E-state index contributed by atoms with van der Waals surface area (Å²) in [7, 11) is 1.60. The first-order valence-corrected chi connectivity index (χ1v) is 8.51. The van der Waals surface area contributed by atoms with Gasteiger partial charge in [-0.2, -0.15) is 0 Å². The smallest absolute Gasteiger partial charge is 0.240 e. The zero-order chi connectivity index (χ0) is 17.6. The molecule has 3 aliphatic rings. The van der Waals surface area contributed by atoms with E-state index in [4.69, 9.17) is 4.74 Å². The van der Waals surface area contributed by atoms with Gasteiger partial charge in [0.05, 0.1) is 18.9 Å². The van der Waals surface area contributed by atoms with E-state index < -0.39 is 0 Å². The molecule has 1 N–H and O–H groups in total. The molecule has 1 aromatic rings. The van der Waals surface area contributed by atoms with Crippen LogP contribution in [0.3, 0.4) is 0 Å². The van der Waals surface area contributed by atoms with Gasteiger partial charge in [-0.25, -0.2) is 0 Å². The molecule has 2 bridgehead atoms. The number of allylic oxidation sites excluding steroid dienone is 2. The number of benzene rings is 1. The Morgan fingerprint density at radius 1 is 1.12 bits per heavy atom. The summed E-state index contributed by atoms with van der Waals surface area (Å²) in [5.41, 5.74) is 0.923. The Balaban J connectivity index is 1.35. The van der Waals surface area contributed by atoms with E-state index in [0.29, 0.717) is 6.54 Å². The topological polar surface area (TPSA) is 75.7 Å². The van der Waals surface area contributed by atoms with Crippen molar-refractivity contribution in [2.75, 3.05) is 13.7 Å². The van der Waals surface area contributed by atoms with Gasteiger partial charge in [0.25, 0.3) is 0 Å². The van der Waals surface area contributed by atoms with Gasteiger partial charge in [0.1, 0.15) is 12.3 Å². The number of carbonyl (C=O) groups is 3. The Morgan fingerprint density at radius 2 is 1.72 bits per heavy atom. The maximum atomic E-state index is 12.5. The number of nitrogens with one attached hydrogen (secondary N) is 1. The van der Waals surface area contributed by atoms with E-state index in [0.717, 1.165) is 22.6 Å². The zero-order valence-electron chi connectivity index (χ0n) is 14.0. The highest BCUT2D eigenvalue weighted by Gasteiger charge is 2.59. The van der Waals surface area contributed by atoms with Crippen LogP contribution in [0.5, 0.6) is 5.75 Å². The quantitative estimate of drug-likeness (QED) is 0.644. The van der Waals surface area contributed by atoms with Crippen LogP contribution in [0, 0.1) is 23.7 Å². The number of fused-ring (bicyclic) bond motifs is 5. The van der Waals surface area contributed by atoms with Crippen molar-refractivity contribution >= 4 is 17.7 Å². The van der Waals surface area contributed by atoms with Crippen LogP contribution in [0.15, 0.2) is 36.4 Å². The average molecular weight is 340 g/mol. The van der Waals surface area contributed by atoms with Gasteiger partial charge in [-0.1, -0.05) is 24.3 Å². The second-order valence-corrected chi connectivity index (χ2v) is 6.89. The molecular formula is C19H20N2O4. The van der Waals surface area contributed by atoms with Gasteiger partial charge in [-0.05, 0) is 36.0 Å². The molecule has 4 rings (SSSR count). The van der Waals surface area contributed by atoms with Gasteiger partial charge in [0.2, 0.25) is 17.7 Å². The lowest BCUT2D eigenvalue weighted by atomic mass is 9.85. The van der Waals surface area contributed by atoms with E-state index in [1.807, 2.05) is 36.4 Å². The second kappa shape index (κ2) is 6.02. The van der Waals surface area contributed by atoms with Crippen LogP contribution < -0.4 is 10.1 Å². The van der Waals surface area contributed by atoms with Crippen LogP contribution in [-0.2, 0) is 20.9 Å². The number of likely N-dealkylation sites (tertiary alicyclic amines) is 1. The SMILES string of the molecule is COc1ccc(CNC(=O)CN2C(=O)[C@H]3[C@H](C2=O)[C@H]2C=C[C@H]3C2)cc1. The minimum Gasteiger partial charge on any atom is -0.497 e. The zero-order valence-corrected chi connectivity index (χ0v) is 14.0. The van der Waals surface area contributed by atoms with Gasteiger partial charge in [-0.15, -0.1) is 0 Å². The minimum atomic E-state index is -0.321. The molecule has 0 unspecified atom stereocenters. The van der Waals surface area contributed by atoms with Crippen molar-refractivity contribution < 1.29 is 19.1 Å². The molecule has 2 aliphatic carbocycles. The Morgan fingerprint density at radius 3 is 2.28 bits per heavy atom. The number of hydrogen-bond donors (Lipinski definition) is 1. The van der Waals surface area contributed by atoms with Crippen LogP contribution in [0.25, 0.3) is 0 Å². The molecule has 1 heterocycles. The number of amides is 3. The highest BCUT2D eigenvalue weighted by atomic mass is 16.5. The molecule has 1 saturated heterocycles. The van der Waals surface area contributed by atoms with Crippen LogP contribution in [0.1, 0.15) is 12.0 Å². The van der Waals surface area contributed by atoms with Crippen molar-refractivity contribution in [3.8, 4) is 5.75 Å². The molecule has 0 aromatic heterocycles. The summed E-state index contributed by atoms with van der Waals surface area (Å²) in [6.07, 6.45) is 4.98. The Bertz CT molecular complexity index is 725. The van der Waals surface area contributed by atoms with Crippen molar-refractivity contribution in [3.05, 3.63) is 42.0 Å². The summed E-state index contributed by atoms with van der Waals surface area (Å²) in [5, 5.41) is 2.77. The molecule has 6 heteroatoms. The van der Waals surface area contributed by atoms with Crippen molar-refractivity contribution in [2.45, 2.75) is 13.0 Å². The summed E-state index contributed by atoms with van der Waals surface area (Å²) in [6, 6.07) is 7.36. The second-order valence-electron chi connectivity index (χ2n) is 6.89. The van der Waals surface area contributed by atoms with Crippen molar-refractivity contribution in [1.29, 1.82) is 0 Å². The number of methoxy groups -OCH3 is 1. The normalized spacial score (nSPS) is 29.2. The number of hydrogen-bond acceptors (Lipinski definition) is 4. The fourth-order valence-electron chi connectivity index (χ4n) is 4.26. The number of carbonyl (C=O) groups excluding carboxylic acids is 3. The summed E-state index contributed by atoms with van der Waals surface area (Å²) in [4.78, 5) is 38.4. The maximum Gasteiger partial charge on any atom is 0.240 e. The third-order valence-corrected chi connectivity index (χ3v) is 5.51. The Hall–Kier alpha value is -2.63. The largest absolute Gasteiger partial charge is 0.497 e.